The van der Waals surface area contributed by atoms with E-state index in [-0.39, 0.29) is 18.7 Å². The van der Waals surface area contributed by atoms with Gasteiger partial charge in [0.05, 0.1) is 12.8 Å². The van der Waals surface area contributed by atoms with Crippen LogP contribution in [0.5, 0.6) is 0 Å². The third-order valence-electron chi connectivity index (χ3n) is 2.58. The number of aromatic nitrogens is 2. The van der Waals surface area contributed by atoms with Crippen LogP contribution in [0.2, 0.25) is 0 Å². The Morgan fingerprint density at radius 2 is 2.29 bits per heavy atom. The van der Waals surface area contributed by atoms with Crippen LogP contribution in [0.25, 0.3) is 0 Å². The molecule has 1 aliphatic rings. The van der Waals surface area contributed by atoms with Gasteiger partial charge in [-0.25, -0.2) is 9.78 Å². The number of nitrogens with zero attached hydrogens (tertiary/aromatic N) is 2. The summed E-state index contributed by atoms with van der Waals surface area (Å²) in [7, 11) is 0. The molecule has 1 amide bonds. The zero-order valence-corrected chi connectivity index (χ0v) is 8.92. The Balaban J connectivity index is 2.15. The van der Waals surface area contributed by atoms with Gasteiger partial charge < -0.3 is 15.2 Å². The molecule has 7 nitrogen and oxygen atoms in total. The number of hydrogen-bond acceptors (Lipinski definition) is 5. The Morgan fingerprint density at radius 3 is 2.82 bits per heavy atom. The third kappa shape index (κ3) is 2.23. The van der Waals surface area contributed by atoms with Crippen molar-refractivity contribution >= 4 is 11.9 Å². The first-order chi connectivity index (χ1) is 8.14. The highest BCUT2D eigenvalue weighted by Crippen LogP contribution is 2.19. The fourth-order valence-corrected chi connectivity index (χ4v) is 1.58. The summed E-state index contributed by atoms with van der Waals surface area (Å²) >= 11 is 0. The molecule has 0 saturated carbocycles. The zero-order valence-electron chi connectivity index (χ0n) is 8.92. The quantitative estimate of drug-likeness (QED) is 0.731. The second kappa shape index (κ2) is 4.46. The average Bonchev–Trinajstić information content (AvgIpc) is 2.80. The van der Waals surface area contributed by atoms with E-state index in [4.69, 9.17) is 9.84 Å². The maximum absolute atomic E-state index is 11.8. The SMILES string of the molecule is O=C(NC1(C(=O)O)CCOC1)c1cnccn1. The summed E-state index contributed by atoms with van der Waals surface area (Å²) in [5.74, 6) is -1.67. The zero-order chi connectivity index (χ0) is 12.3. The number of carboxylic acids is 1. The van der Waals surface area contributed by atoms with E-state index in [2.05, 4.69) is 15.3 Å². The third-order valence-corrected chi connectivity index (χ3v) is 2.58. The molecule has 0 radical (unpaired) electrons. The lowest BCUT2D eigenvalue weighted by Gasteiger charge is -2.23. The van der Waals surface area contributed by atoms with Gasteiger partial charge in [-0.05, 0) is 0 Å². The van der Waals surface area contributed by atoms with E-state index in [1.54, 1.807) is 0 Å². The minimum atomic E-state index is -1.35. The van der Waals surface area contributed by atoms with Crippen molar-refractivity contribution in [2.75, 3.05) is 13.2 Å². The number of nitrogens with one attached hydrogen (secondary N) is 1. The van der Waals surface area contributed by atoms with Gasteiger partial charge in [0.25, 0.3) is 5.91 Å². The van der Waals surface area contributed by atoms with Gasteiger partial charge in [0.2, 0.25) is 0 Å². The number of amides is 1. The first-order valence-corrected chi connectivity index (χ1v) is 5.04. The minimum absolute atomic E-state index is 0.0334. The van der Waals surface area contributed by atoms with Gasteiger partial charge in [0, 0.05) is 25.4 Å². The normalized spacial score (nSPS) is 23.3. The molecule has 1 saturated heterocycles. The Morgan fingerprint density at radius 1 is 1.47 bits per heavy atom. The Bertz CT molecular complexity index is 428. The molecule has 0 bridgehead atoms. The monoisotopic (exact) mass is 237 g/mol. The average molecular weight is 237 g/mol. The Kier molecular flexibility index (Phi) is 3.01. The van der Waals surface area contributed by atoms with Gasteiger partial charge >= 0.3 is 5.97 Å². The number of carboxylic acid groups (broad SMARTS) is 1. The van der Waals surface area contributed by atoms with Crippen LogP contribution in [0.3, 0.4) is 0 Å². The van der Waals surface area contributed by atoms with Crippen LogP contribution >= 0.6 is 0 Å². The predicted octanol–water partition coefficient (Wildman–Crippen LogP) is -0.550. The second-order valence-electron chi connectivity index (χ2n) is 3.73. The molecular weight excluding hydrogens is 226 g/mol. The molecule has 1 atom stereocenters. The van der Waals surface area contributed by atoms with Crippen molar-refractivity contribution in [1.82, 2.24) is 15.3 Å². The Hall–Kier alpha value is -2.02. The van der Waals surface area contributed by atoms with Gasteiger partial charge in [-0.15, -0.1) is 0 Å². The molecule has 2 N–H and O–H groups in total. The van der Waals surface area contributed by atoms with Crippen molar-refractivity contribution < 1.29 is 19.4 Å². The Labute approximate surface area is 96.8 Å². The fraction of sp³-hybridized carbons (Fsp3) is 0.400. The van der Waals surface area contributed by atoms with Crippen molar-refractivity contribution in [1.29, 1.82) is 0 Å². The maximum atomic E-state index is 11.8. The van der Waals surface area contributed by atoms with Gasteiger partial charge in [0.15, 0.2) is 5.54 Å². The molecule has 2 rings (SSSR count). The number of rotatable bonds is 3. The molecule has 1 fully saturated rings. The topological polar surface area (TPSA) is 101 Å². The van der Waals surface area contributed by atoms with E-state index in [9.17, 15) is 9.59 Å². The molecule has 0 spiro atoms. The van der Waals surface area contributed by atoms with Gasteiger partial charge in [-0.1, -0.05) is 0 Å². The van der Waals surface area contributed by atoms with Crippen LogP contribution in [0.15, 0.2) is 18.6 Å². The van der Waals surface area contributed by atoms with Crippen LogP contribution in [0.1, 0.15) is 16.9 Å². The predicted molar refractivity (Wildman–Crippen MR) is 55.3 cm³/mol. The molecule has 17 heavy (non-hydrogen) atoms. The smallest absolute Gasteiger partial charge is 0.331 e. The van der Waals surface area contributed by atoms with Crippen LogP contribution in [-0.2, 0) is 9.53 Å². The highest BCUT2D eigenvalue weighted by atomic mass is 16.5. The summed E-state index contributed by atoms with van der Waals surface area (Å²) in [6, 6.07) is 0. The van der Waals surface area contributed by atoms with Crippen molar-refractivity contribution in [2.24, 2.45) is 0 Å². The van der Waals surface area contributed by atoms with E-state index >= 15 is 0 Å². The first-order valence-electron chi connectivity index (χ1n) is 5.04. The van der Waals surface area contributed by atoms with E-state index in [1.165, 1.54) is 18.6 Å². The lowest BCUT2D eigenvalue weighted by atomic mass is 9.99. The number of carbonyl (C=O) groups excluding carboxylic acids is 1. The van der Waals surface area contributed by atoms with Crippen molar-refractivity contribution in [2.45, 2.75) is 12.0 Å². The number of aliphatic carboxylic acids is 1. The van der Waals surface area contributed by atoms with Crippen molar-refractivity contribution in [3.63, 3.8) is 0 Å². The molecule has 0 aliphatic carbocycles. The van der Waals surface area contributed by atoms with Crippen molar-refractivity contribution in [3.8, 4) is 0 Å². The van der Waals surface area contributed by atoms with Gasteiger partial charge in [-0.3, -0.25) is 9.78 Å². The molecule has 0 aromatic carbocycles. The van der Waals surface area contributed by atoms with Crippen LogP contribution in [0.4, 0.5) is 0 Å². The minimum Gasteiger partial charge on any atom is -0.479 e. The summed E-state index contributed by atoms with van der Waals surface area (Å²) in [5, 5.41) is 11.6. The maximum Gasteiger partial charge on any atom is 0.331 e. The van der Waals surface area contributed by atoms with E-state index < -0.39 is 17.4 Å². The first kappa shape index (κ1) is 11.5. The van der Waals surface area contributed by atoms with E-state index in [0.717, 1.165) is 0 Å². The van der Waals surface area contributed by atoms with E-state index in [1.807, 2.05) is 0 Å². The van der Waals surface area contributed by atoms with Crippen molar-refractivity contribution in [3.05, 3.63) is 24.3 Å². The van der Waals surface area contributed by atoms with Gasteiger partial charge in [-0.2, -0.15) is 0 Å². The molecular formula is C10H11N3O4. The van der Waals surface area contributed by atoms with Crippen LogP contribution in [-0.4, -0.2) is 45.7 Å². The summed E-state index contributed by atoms with van der Waals surface area (Å²) < 4.78 is 5.03. The molecule has 2 heterocycles. The lowest BCUT2D eigenvalue weighted by Crippen LogP contribution is -2.55. The van der Waals surface area contributed by atoms with Crippen LogP contribution < -0.4 is 5.32 Å². The number of carbonyl (C=O) groups is 2. The molecule has 1 aromatic rings. The summed E-state index contributed by atoms with van der Waals surface area (Å²) in [4.78, 5) is 30.5. The molecule has 1 aromatic heterocycles. The summed E-state index contributed by atoms with van der Waals surface area (Å²) in [6.45, 7) is 0.279. The molecule has 90 valence electrons. The fourth-order valence-electron chi connectivity index (χ4n) is 1.58. The molecule has 1 aliphatic heterocycles. The highest BCUT2D eigenvalue weighted by Gasteiger charge is 2.44. The summed E-state index contributed by atoms with van der Waals surface area (Å²) in [5.41, 5.74) is -1.27. The van der Waals surface area contributed by atoms with E-state index in [0.29, 0.717) is 6.61 Å². The number of hydrogen-bond donors (Lipinski definition) is 2. The molecule has 7 heteroatoms. The second-order valence-corrected chi connectivity index (χ2v) is 3.73. The number of ether oxygens (including phenoxy) is 1. The largest absolute Gasteiger partial charge is 0.479 e. The highest BCUT2D eigenvalue weighted by molar-refractivity contribution is 5.96. The standard InChI is InChI=1S/C10H11N3O4/c14-8(7-5-11-2-3-12-7)13-10(9(15)16)1-4-17-6-10/h2-3,5H,1,4,6H2,(H,13,14)(H,15,16). The lowest BCUT2D eigenvalue weighted by molar-refractivity contribution is -0.144. The van der Waals surface area contributed by atoms with Crippen LogP contribution in [0, 0.1) is 0 Å². The van der Waals surface area contributed by atoms with Gasteiger partial charge in [0.1, 0.15) is 5.69 Å². The molecule has 1 unspecified atom stereocenters. The summed E-state index contributed by atoms with van der Waals surface area (Å²) in [6.07, 6.45) is 4.32.